The fraction of sp³-hybridized carbons (Fsp3) is 0.588. The second-order valence-corrected chi connectivity index (χ2v) is 7.76. The molecule has 2 aromatic rings. The number of fused-ring (bicyclic) bond motifs is 1. The van der Waals surface area contributed by atoms with Crippen molar-refractivity contribution < 1.29 is 0 Å². The molecule has 122 valence electrons. The highest BCUT2D eigenvalue weighted by atomic mass is 32.1. The van der Waals surface area contributed by atoms with Crippen molar-refractivity contribution in [3.05, 3.63) is 39.9 Å². The van der Waals surface area contributed by atoms with Gasteiger partial charge in [-0.2, -0.15) is 0 Å². The summed E-state index contributed by atoms with van der Waals surface area (Å²) in [4.78, 5) is 20.0. The van der Waals surface area contributed by atoms with Gasteiger partial charge in [-0.05, 0) is 38.8 Å². The van der Waals surface area contributed by atoms with Crippen LogP contribution in [0, 0.1) is 0 Å². The van der Waals surface area contributed by atoms with Crippen LogP contribution in [0.15, 0.2) is 18.5 Å². The van der Waals surface area contributed by atoms with Crippen molar-refractivity contribution in [3.8, 4) is 0 Å². The van der Waals surface area contributed by atoms with Crippen LogP contribution >= 0.6 is 11.3 Å². The molecule has 1 atom stereocenters. The first-order valence-electron chi connectivity index (χ1n) is 8.44. The fourth-order valence-electron chi connectivity index (χ4n) is 3.58. The Morgan fingerprint density at radius 2 is 2.17 bits per heavy atom. The van der Waals surface area contributed by atoms with Gasteiger partial charge in [-0.1, -0.05) is 0 Å². The van der Waals surface area contributed by atoms with Gasteiger partial charge in [0.05, 0.1) is 18.8 Å². The normalized spacial score (nSPS) is 21.2. The standard InChI is InChI=1S/C17H23N5S/c1-21(11-16-18-7-3-8-19-16)13-6-9-22(10-13)12-17-20-14-4-2-5-15(14)23-17/h3,7-8,13H,2,4-6,9-12H2,1H3. The van der Waals surface area contributed by atoms with Crippen LogP contribution in [-0.4, -0.2) is 50.9 Å². The first-order valence-corrected chi connectivity index (χ1v) is 9.25. The molecular weight excluding hydrogens is 306 g/mol. The Balaban J connectivity index is 1.31. The number of likely N-dealkylation sites (tertiary alicyclic amines) is 1. The van der Waals surface area contributed by atoms with E-state index >= 15 is 0 Å². The lowest BCUT2D eigenvalue weighted by atomic mass is 10.2. The van der Waals surface area contributed by atoms with E-state index in [1.807, 2.05) is 29.8 Å². The van der Waals surface area contributed by atoms with Crippen molar-refractivity contribution in [1.29, 1.82) is 0 Å². The van der Waals surface area contributed by atoms with E-state index in [2.05, 4.69) is 26.8 Å². The molecule has 2 aliphatic rings. The molecule has 0 radical (unpaired) electrons. The summed E-state index contributed by atoms with van der Waals surface area (Å²) < 4.78 is 0. The van der Waals surface area contributed by atoms with Crippen molar-refractivity contribution in [2.75, 3.05) is 20.1 Å². The SMILES string of the molecule is CN(Cc1ncccn1)C1CCN(Cc2nc3c(s2)CCC3)C1. The second kappa shape index (κ2) is 6.63. The minimum Gasteiger partial charge on any atom is -0.295 e. The molecule has 1 aliphatic carbocycles. The second-order valence-electron chi connectivity index (χ2n) is 6.59. The summed E-state index contributed by atoms with van der Waals surface area (Å²) in [5.74, 6) is 0.907. The summed E-state index contributed by atoms with van der Waals surface area (Å²) >= 11 is 1.93. The number of likely N-dealkylation sites (N-methyl/N-ethyl adjacent to an activating group) is 1. The number of rotatable bonds is 5. The Bertz CT molecular complexity index is 635. The Morgan fingerprint density at radius 3 is 3.00 bits per heavy atom. The number of hydrogen-bond acceptors (Lipinski definition) is 6. The first kappa shape index (κ1) is 15.2. The average molecular weight is 329 g/mol. The van der Waals surface area contributed by atoms with E-state index in [0.29, 0.717) is 6.04 Å². The first-order chi connectivity index (χ1) is 11.3. The van der Waals surface area contributed by atoms with Gasteiger partial charge in [-0.25, -0.2) is 15.0 Å². The zero-order valence-electron chi connectivity index (χ0n) is 13.6. The number of aryl methyl sites for hydroxylation is 2. The van der Waals surface area contributed by atoms with Crippen LogP contribution in [0.25, 0.3) is 0 Å². The van der Waals surface area contributed by atoms with Crippen LogP contribution in [0.3, 0.4) is 0 Å². The number of thiazole rings is 1. The zero-order valence-corrected chi connectivity index (χ0v) is 14.4. The van der Waals surface area contributed by atoms with Crippen LogP contribution in [0.5, 0.6) is 0 Å². The van der Waals surface area contributed by atoms with Crippen LogP contribution in [0.2, 0.25) is 0 Å². The molecule has 4 rings (SSSR count). The highest BCUT2D eigenvalue weighted by Crippen LogP contribution is 2.29. The number of nitrogens with zero attached hydrogens (tertiary/aromatic N) is 5. The molecule has 6 heteroatoms. The summed E-state index contributed by atoms with van der Waals surface area (Å²) in [5, 5.41) is 1.31. The monoisotopic (exact) mass is 329 g/mol. The largest absolute Gasteiger partial charge is 0.295 e. The van der Waals surface area contributed by atoms with E-state index in [0.717, 1.165) is 32.0 Å². The van der Waals surface area contributed by atoms with Crippen LogP contribution < -0.4 is 0 Å². The highest BCUT2D eigenvalue weighted by Gasteiger charge is 2.27. The van der Waals surface area contributed by atoms with E-state index < -0.39 is 0 Å². The van der Waals surface area contributed by atoms with Crippen molar-refractivity contribution in [1.82, 2.24) is 24.8 Å². The molecule has 1 saturated heterocycles. The topological polar surface area (TPSA) is 45.2 Å². The number of hydrogen-bond donors (Lipinski definition) is 0. The zero-order chi connectivity index (χ0) is 15.6. The maximum atomic E-state index is 4.84. The maximum absolute atomic E-state index is 4.84. The maximum Gasteiger partial charge on any atom is 0.142 e. The molecule has 3 heterocycles. The molecule has 0 N–H and O–H groups in total. The van der Waals surface area contributed by atoms with Gasteiger partial charge < -0.3 is 0 Å². The molecule has 0 saturated carbocycles. The Morgan fingerprint density at radius 1 is 1.30 bits per heavy atom. The highest BCUT2D eigenvalue weighted by molar-refractivity contribution is 7.11. The molecule has 1 fully saturated rings. The molecule has 0 spiro atoms. The van der Waals surface area contributed by atoms with Crippen molar-refractivity contribution in [2.45, 2.75) is 44.8 Å². The predicted octanol–water partition coefficient (Wildman–Crippen LogP) is 2.13. The van der Waals surface area contributed by atoms with Crippen LogP contribution in [0.4, 0.5) is 0 Å². The molecule has 0 bridgehead atoms. The lowest BCUT2D eigenvalue weighted by molar-refractivity contribution is 0.218. The smallest absolute Gasteiger partial charge is 0.142 e. The van der Waals surface area contributed by atoms with E-state index in [4.69, 9.17) is 4.98 Å². The van der Waals surface area contributed by atoms with Gasteiger partial charge in [-0.3, -0.25) is 9.80 Å². The Labute approximate surface area is 141 Å². The minimum absolute atomic E-state index is 0.589. The van der Waals surface area contributed by atoms with Gasteiger partial charge in [0.2, 0.25) is 0 Å². The van der Waals surface area contributed by atoms with E-state index in [9.17, 15) is 0 Å². The summed E-state index contributed by atoms with van der Waals surface area (Å²) in [5.41, 5.74) is 1.37. The Kier molecular flexibility index (Phi) is 4.37. The molecule has 5 nitrogen and oxygen atoms in total. The van der Waals surface area contributed by atoms with E-state index in [1.54, 1.807) is 0 Å². The lowest BCUT2D eigenvalue weighted by Gasteiger charge is -2.23. The van der Waals surface area contributed by atoms with Crippen LogP contribution in [-0.2, 0) is 25.9 Å². The molecular formula is C17H23N5S. The molecule has 0 aromatic carbocycles. The van der Waals surface area contributed by atoms with Gasteiger partial charge in [-0.15, -0.1) is 11.3 Å². The van der Waals surface area contributed by atoms with Crippen molar-refractivity contribution in [2.24, 2.45) is 0 Å². The fourth-order valence-corrected chi connectivity index (χ4v) is 4.78. The van der Waals surface area contributed by atoms with Gasteiger partial charge in [0.25, 0.3) is 0 Å². The van der Waals surface area contributed by atoms with E-state index in [-0.39, 0.29) is 0 Å². The summed E-state index contributed by atoms with van der Waals surface area (Å²) in [6.45, 7) is 4.12. The van der Waals surface area contributed by atoms with Crippen molar-refractivity contribution >= 4 is 11.3 Å². The lowest BCUT2D eigenvalue weighted by Crippen LogP contribution is -2.34. The van der Waals surface area contributed by atoms with Gasteiger partial charge >= 0.3 is 0 Å². The summed E-state index contributed by atoms with van der Waals surface area (Å²) in [6.07, 6.45) is 8.59. The van der Waals surface area contributed by atoms with Gasteiger partial charge in [0.1, 0.15) is 10.8 Å². The van der Waals surface area contributed by atoms with Crippen LogP contribution in [0.1, 0.15) is 34.2 Å². The quantitative estimate of drug-likeness (QED) is 0.841. The molecule has 23 heavy (non-hydrogen) atoms. The molecule has 2 aromatic heterocycles. The third-order valence-corrected chi connectivity index (χ3v) is 6.02. The van der Waals surface area contributed by atoms with Gasteiger partial charge in [0.15, 0.2) is 0 Å². The summed E-state index contributed by atoms with van der Waals surface area (Å²) in [7, 11) is 2.18. The third kappa shape index (κ3) is 3.44. The van der Waals surface area contributed by atoms with E-state index in [1.165, 1.54) is 41.3 Å². The van der Waals surface area contributed by atoms with Crippen molar-refractivity contribution in [3.63, 3.8) is 0 Å². The predicted molar refractivity (Wildman–Crippen MR) is 91.3 cm³/mol. The molecule has 1 unspecified atom stereocenters. The summed E-state index contributed by atoms with van der Waals surface area (Å²) in [6, 6.07) is 2.46. The minimum atomic E-state index is 0.589. The average Bonchev–Trinajstić information content (AvgIpc) is 3.24. The molecule has 0 amide bonds. The molecule has 1 aliphatic heterocycles. The Hall–Kier alpha value is -1.37. The third-order valence-electron chi connectivity index (χ3n) is 4.88. The number of aromatic nitrogens is 3. The van der Waals surface area contributed by atoms with Gasteiger partial charge in [0, 0.05) is 36.4 Å².